The standard InChI is InChI=1S/C14H23N3O2S/c1-10-6-13(7-14(15)11(10)2)20(18,19)16-8-12-4-5-17(3)9-12/h6-7,12,16H,4-5,8-9,15H2,1-3H3. The molecule has 1 aromatic rings. The number of hydrogen-bond donors (Lipinski definition) is 2. The van der Waals surface area contributed by atoms with Gasteiger partial charge in [0.25, 0.3) is 0 Å². The van der Waals surface area contributed by atoms with Crippen LogP contribution >= 0.6 is 0 Å². The van der Waals surface area contributed by atoms with Crippen molar-refractivity contribution in [1.82, 2.24) is 9.62 Å². The topological polar surface area (TPSA) is 75.4 Å². The molecule has 0 aromatic heterocycles. The molecule has 0 saturated carbocycles. The summed E-state index contributed by atoms with van der Waals surface area (Å²) in [5.74, 6) is 0.388. The molecule has 0 aliphatic carbocycles. The fourth-order valence-electron chi connectivity index (χ4n) is 2.51. The summed E-state index contributed by atoms with van der Waals surface area (Å²) in [6.45, 7) is 6.22. The van der Waals surface area contributed by atoms with E-state index in [1.165, 1.54) is 6.07 Å². The third-order valence-electron chi connectivity index (χ3n) is 4.04. The molecular weight excluding hydrogens is 274 g/mol. The van der Waals surface area contributed by atoms with Gasteiger partial charge in [-0.2, -0.15) is 0 Å². The van der Waals surface area contributed by atoms with E-state index in [-0.39, 0.29) is 4.90 Å². The van der Waals surface area contributed by atoms with Crippen molar-refractivity contribution < 1.29 is 8.42 Å². The Labute approximate surface area is 121 Å². The van der Waals surface area contributed by atoms with Crippen molar-refractivity contribution >= 4 is 15.7 Å². The predicted molar refractivity (Wildman–Crippen MR) is 81.1 cm³/mol. The largest absolute Gasteiger partial charge is 0.398 e. The summed E-state index contributed by atoms with van der Waals surface area (Å²) < 4.78 is 27.3. The Morgan fingerprint density at radius 1 is 1.40 bits per heavy atom. The van der Waals surface area contributed by atoms with Crippen LogP contribution in [0.25, 0.3) is 0 Å². The fourth-order valence-corrected chi connectivity index (χ4v) is 3.75. The van der Waals surface area contributed by atoms with Gasteiger partial charge in [0.2, 0.25) is 10.0 Å². The second-order valence-corrected chi connectivity index (χ2v) is 7.49. The first-order valence-corrected chi connectivity index (χ1v) is 8.33. The molecule has 2 rings (SSSR count). The molecule has 0 bridgehead atoms. The van der Waals surface area contributed by atoms with Crippen LogP contribution in [0.1, 0.15) is 17.5 Å². The quantitative estimate of drug-likeness (QED) is 0.817. The Kier molecular flexibility index (Phi) is 4.36. The maximum atomic E-state index is 12.3. The molecule has 3 N–H and O–H groups in total. The van der Waals surface area contributed by atoms with Crippen molar-refractivity contribution in [3.05, 3.63) is 23.3 Å². The lowest BCUT2D eigenvalue weighted by atomic mass is 10.1. The van der Waals surface area contributed by atoms with Gasteiger partial charge in [-0.25, -0.2) is 13.1 Å². The lowest BCUT2D eigenvalue weighted by Gasteiger charge is -2.14. The number of aryl methyl sites for hydroxylation is 1. The van der Waals surface area contributed by atoms with Gasteiger partial charge in [-0.3, -0.25) is 0 Å². The van der Waals surface area contributed by atoms with Crippen LogP contribution < -0.4 is 10.5 Å². The Bertz CT molecular complexity index is 575. The van der Waals surface area contributed by atoms with E-state index in [0.29, 0.717) is 18.2 Å². The van der Waals surface area contributed by atoms with E-state index < -0.39 is 10.0 Å². The van der Waals surface area contributed by atoms with E-state index in [0.717, 1.165) is 30.6 Å². The molecule has 1 aliphatic rings. The zero-order valence-electron chi connectivity index (χ0n) is 12.3. The van der Waals surface area contributed by atoms with E-state index in [4.69, 9.17) is 5.73 Å². The first kappa shape index (κ1) is 15.3. The average Bonchev–Trinajstić information content (AvgIpc) is 2.79. The van der Waals surface area contributed by atoms with Gasteiger partial charge in [0.05, 0.1) is 4.90 Å². The Balaban J connectivity index is 2.10. The Morgan fingerprint density at radius 3 is 2.65 bits per heavy atom. The molecule has 6 heteroatoms. The summed E-state index contributed by atoms with van der Waals surface area (Å²) in [7, 11) is -1.42. The molecule has 20 heavy (non-hydrogen) atoms. The zero-order chi connectivity index (χ0) is 14.9. The van der Waals surface area contributed by atoms with Gasteiger partial charge < -0.3 is 10.6 Å². The molecular formula is C14H23N3O2S. The molecule has 1 aromatic carbocycles. The highest BCUT2D eigenvalue weighted by Crippen LogP contribution is 2.22. The van der Waals surface area contributed by atoms with Crippen molar-refractivity contribution in [3.8, 4) is 0 Å². The molecule has 5 nitrogen and oxygen atoms in total. The van der Waals surface area contributed by atoms with Crippen LogP contribution in [0.3, 0.4) is 0 Å². The van der Waals surface area contributed by atoms with Gasteiger partial charge in [0.15, 0.2) is 0 Å². The van der Waals surface area contributed by atoms with Crippen molar-refractivity contribution in [1.29, 1.82) is 0 Å². The summed E-state index contributed by atoms with van der Waals surface area (Å²) in [6.07, 6.45) is 1.04. The summed E-state index contributed by atoms with van der Waals surface area (Å²) in [6, 6.07) is 3.21. The number of anilines is 1. The molecule has 1 aliphatic heterocycles. The number of likely N-dealkylation sites (tertiary alicyclic amines) is 1. The van der Waals surface area contributed by atoms with Gasteiger partial charge in [0, 0.05) is 18.8 Å². The van der Waals surface area contributed by atoms with E-state index in [2.05, 4.69) is 16.7 Å². The van der Waals surface area contributed by atoms with Crippen LogP contribution in [0.5, 0.6) is 0 Å². The van der Waals surface area contributed by atoms with Gasteiger partial charge >= 0.3 is 0 Å². The third-order valence-corrected chi connectivity index (χ3v) is 5.45. The summed E-state index contributed by atoms with van der Waals surface area (Å²) in [5.41, 5.74) is 8.20. The van der Waals surface area contributed by atoms with Crippen LogP contribution in [0.2, 0.25) is 0 Å². The molecule has 1 saturated heterocycles. The second kappa shape index (κ2) is 5.71. The Hall–Kier alpha value is -1.11. The SMILES string of the molecule is Cc1cc(S(=O)(=O)NCC2CCN(C)C2)cc(N)c1C. The molecule has 1 unspecified atom stereocenters. The number of nitrogens with two attached hydrogens (primary N) is 1. The first-order valence-electron chi connectivity index (χ1n) is 6.84. The monoisotopic (exact) mass is 297 g/mol. The van der Waals surface area contributed by atoms with Crippen molar-refractivity contribution in [2.24, 2.45) is 5.92 Å². The van der Waals surface area contributed by atoms with E-state index in [1.807, 2.05) is 13.8 Å². The minimum atomic E-state index is -3.48. The summed E-state index contributed by atoms with van der Waals surface area (Å²) >= 11 is 0. The van der Waals surface area contributed by atoms with Gasteiger partial charge in [-0.15, -0.1) is 0 Å². The van der Waals surface area contributed by atoms with Crippen LogP contribution in [0.4, 0.5) is 5.69 Å². The van der Waals surface area contributed by atoms with E-state index in [1.54, 1.807) is 6.07 Å². The fraction of sp³-hybridized carbons (Fsp3) is 0.571. The minimum absolute atomic E-state index is 0.254. The molecule has 1 fully saturated rings. The predicted octanol–water partition coefficient (Wildman–Crippen LogP) is 1.12. The van der Waals surface area contributed by atoms with Crippen molar-refractivity contribution in [2.75, 3.05) is 32.4 Å². The lowest BCUT2D eigenvalue weighted by Crippen LogP contribution is -2.30. The van der Waals surface area contributed by atoms with Crippen molar-refractivity contribution in [2.45, 2.75) is 25.2 Å². The van der Waals surface area contributed by atoms with Crippen molar-refractivity contribution in [3.63, 3.8) is 0 Å². The van der Waals surface area contributed by atoms with E-state index in [9.17, 15) is 8.42 Å². The van der Waals surface area contributed by atoms with E-state index >= 15 is 0 Å². The molecule has 0 amide bonds. The number of nitrogen functional groups attached to an aromatic ring is 1. The van der Waals surface area contributed by atoms with Gasteiger partial charge in [0.1, 0.15) is 0 Å². The zero-order valence-corrected chi connectivity index (χ0v) is 13.1. The van der Waals surface area contributed by atoms with Gasteiger partial charge in [-0.1, -0.05) is 0 Å². The number of rotatable bonds is 4. The number of hydrogen-bond acceptors (Lipinski definition) is 4. The highest BCUT2D eigenvalue weighted by atomic mass is 32.2. The summed E-state index contributed by atoms with van der Waals surface area (Å²) in [5, 5.41) is 0. The second-order valence-electron chi connectivity index (χ2n) is 5.72. The third kappa shape index (κ3) is 3.31. The van der Waals surface area contributed by atoms with Crippen LogP contribution in [-0.4, -0.2) is 40.0 Å². The molecule has 0 spiro atoms. The molecule has 1 heterocycles. The molecule has 1 atom stereocenters. The lowest BCUT2D eigenvalue weighted by molar-refractivity contribution is 0.394. The maximum Gasteiger partial charge on any atom is 0.240 e. The highest BCUT2D eigenvalue weighted by molar-refractivity contribution is 7.89. The molecule has 0 radical (unpaired) electrons. The highest BCUT2D eigenvalue weighted by Gasteiger charge is 2.22. The minimum Gasteiger partial charge on any atom is -0.398 e. The number of nitrogens with one attached hydrogen (secondary N) is 1. The maximum absolute atomic E-state index is 12.3. The molecule has 112 valence electrons. The van der Waals surface area contributed by atoms with Crippen LogP contribution in [-0.2, 0) is 10.0 Å². The van der Waals surface area contributed by atoms with Crippen LogP contribution in [0.15, 0.2) is 17.0 Å². The number of benzene rings is 1. The number of sulfonamides is 1. The number of nitrogens with zero attached hydrogens (tertiary/aromatic N) is 1. The average molecular weight is 297 g/mol. The Morgan fingerprint density at radius 2 is 2.10 bits per heavy atom. The first-order chi connectivity index (χ1) is 9.29. The van der Waals surface area contributed by atoms with Gasteiger partial charge in [-0.05, 0) is 63.0 Å². The summed E-state index contributed by atoms with van der Waals surface area (Å²) in [4.78, 5) is 2.47. The van der Waals surface area contributed by atoms with Crippen LogP contribution in [0, 0.1) is 19.8 Å². The smallest absolute Gasteiger partial charge is 0.240 e. The normalized spacial score (nSPS) is 20.4.